The summed E-state index contributed by atoms with van der Waals surface area (Å²) in [7, 11) is 2.29. The summed E-state index contributed by atoms with van der Waals surface area (Å²) in [6.07, 6.45) is 13.6. The van der Waals surface area contributed by atoms with E-state index in [0.29, 0.717) is 5.92 Å². The van der Waals surface area contributed by atoms with Crippen molar-refractivity contribution in [2.75, 3.05) is 7.05 Å². The van der Waals surface area contributed by atoms with Crippen molar-refractivity contribution in [3.63, 3.8) is 0 Å². The number of hydrogen-bond acceptors (Lipinski definition) is 3. The average molecular weight is 420 g/mol. The molecular weight excluding hydrogens is 370 g/mol. The quantitative estimate of drug-likeness (QED) is 0.460. The van der Waals surface area contributed by atoms with Crippen molar-refractivity contribution in [1.82, 2.24) is 4.90 Å². The largest absolute Gasteiger partial charge is 0.458 e. The Balaban J connectivity index is 1.98. The Hall–Kier alpha value is -0.570. The number of ether oxygens (including phenoxy) is 1. The highest BCUT2D eigenvalue weighted by molar-refractivity contribution is 5.73. The number of piperidine rings is 1. The first-order chi connectivity index (χ1) is 13.9. The molecule has 2 atom stereocenters. The molecule has 0 aromatic carbocycles. The van der Waals surface area contributed by atoms with Gasteiger partial charge in [0.2, 0.25) is 0 Å². The van der Waals surface area contributed by atoms with E-state index in [-0.39, 0.29) is 28.4 Å². The van der Waals surface area contributed by atoms with Crippen molar-refractivity contribution in [3.8, 4) is 0 Å². The zero-order valence-corrected chi connectivity index (χ0v) is 21.3. The van der Waals surface area contributed by atoms with Crippen LogP contribution in [0.1, 0.15) is 119 Å². The van der Waals surface area contributed by atoms with Crippen molar-refractivity contribution < 1.29 is 9.53 Å². The second-order valence-corrected chi connectivity index (χ2v) is 12.6. The van der Waals surface area contributed by atoms with Gasteiger partial charge in [-0.25, -0.2) is 0 Å². The second kappa shape index (κ2) is 8.41. The van der Waals surface area contributed by atoms with E-state index in [1.807, 2.05) is 0 Å². The molecule has 3 rings (SSSR count). The summed E-state index contributed by atoms with van der Waals surface area (Å²) in [6.45, 7) is 16.5. The van der Waals surface area contributed by atoms with Gasteiger partial charge >= 0.3 is 5.97 Å². The Morgan fingerprint density at radius 2 is 1.33 bits per heavy atom. The van der Waals surface area contributed by atoms with Crippen LogP contribution in [0.25, 0.3) is 0 Å². The molecule has 1 heterocycles. The lowest BCUT2D eigenvalue weighted by atomic mass is 9.50. The molecule has 174 valence electrons. The molecule has 2 aliphatic carbocycles. The van der Waals surface area contributed by atoms with E-state index in [0.717, 1.165) is 18.8 Å². The van der Waals surface area contributed by atoms with Crippen molar-refractivity contribution in [1.29, 1.82) is 0 Å². The Kier molecular flexibility index (Phi) is 6.75. The predicted molar refractivity (Wildman–Crippen MR) is 125 cm³/mol. The maximum atomic E-state index is 13.5. The van der Waals surface area contributed by atoms with Gasteiger partial charge in [-0.1, -0.05) is 65.2 Å². The van der Waals surface area contributed by atoms with Gasteiger partial charge < -0.3 is 4.74 Å². The van der Waals surface area contributed by atoms with Crippen LogP contribution in [-0.4, -0.2) is 34.6 Å². The number of carbonyl (C=O) groups excluding carboxylic acids is 1. The van der Waals surface area contributed by atoms with Crippen LogP contribution < -0.4 is 0 Å². The van der Waals surface area contributed by atoms with Crippen LogP contribution >= 0.6 is 0 Å². The van der Waals surface area contributed by atoms with E-state index in [4.69, 9.17) is 4.74 Å². The molecule has 3 heteroatoms. The summed E-state index contributed by atoms with van der Waals surface area (Å²) in [4.78, 5) is 16.1. The molecule has 3 aliphatic rings. The molecule has 2 saturated carbocycles. The van der Waals surface area contributed by atoms with Crippen molar-refractivity contribution in [2.24, 2.45) is 23.2 Å². The number of esters is 1. The van der Waals surface area contributed by atoms with Gasteiger partial charge in [0.1, 0.15) is 5.60 Å². The Morgan fingerprint density at radius 1 is 0.833 bits per heavy atom. The van der Waals surface area contributed by atoms with Gasteiger partial charge in [0.05, 0.1) is 5.92 Å². The summed E-state index contributed by atoms with van der Waals surface area (Å²) < 4.78 is 6.74. The van der Waals surface area contributed by atoms with Crippen LogP contribution in [0.4, 0.5) is 0 Å². The molecule has 3 fully saturated rings. The standard InChI is InChI=1S/C27H49NO2/c1-24(2)22(19-20-15-11-9-12-16-20)27(7,25(3,4)26(5,6)28(24)8)30-23(29)21-17-13-10-14-18-21/h20-22H,9-19H2,1-8H3. The lowest BCUT2D eigenvalue weighted by molar-refractivity contribution is -0.263. The molecule has 1 aliphatic heterocycles. The number of nitrogens with zero attached hydrogens (tertiary/aromatic N) is 1. The number of hydrogen-bond donors (Lipinski definition) is 0. The van der Waals surface area contributed by atoms with Gasteiger partial charge in [-0.2, -0.15) is 0 Å². The average Bonchev–Trinajstić information content (AvgIpc) is 2.71. The molecule has 0 spiro atoms. The first-order valence-electron chi connectivity index (χ1n) is 12.8. The first kappa shape index (κ1) is 24.1. The van der Waals surface area contributed by atoms with Gasteiger partial charge in [0.25, 0.3) is 0 Å². The summed E-state index contributed by atoms with van der Waals surface area (Å²) in [6, 6.07) is 0. The van der Waals surface area contributed by atoms with Gasteiger partial charge in [-0.3, -0.25) is 9.69 Å². The highest BCUT2D eigenvalue weighted by atomic mass is 16.6. The normalized spacial score (nSPS) is 35.1. The minimum absolute atomic E-state index is 0.0297. The van der Waals surface area contributed by atoms with E-state index < -0.39 is 5.60 Å². The third-order valence-electron chi connectivity index (χ3n) is 10.5. The fraction of sp³-hybridized carbons (Fsp3) is 0.963. The molecule has 0 radical (unpaired) electrons. The fourth-order valence-electron chi connectivity index (χ4n) is 7.19. The molecule has 0 amide bonds. The van der Waals surface area contributed by atoms with Crippen molar-refractivity contribution >= 4 is 5.97 Å². The molecule has 0 N–H and O–H groups in total. The van der Waals surface area contributed by atoms with E-state index in [1.165, 1.54) is 57.8 Å². The molecule has 30 heavy (non-hydrogen) atoms. The molecular formula is C27H49NO2. The van der Waals surface area contributed by atoms with Gasteiger partial charge in [-0.15, -0.1) is 0 Å². The topological polar surface area (TPSA) is 29.5 Å². The molecule has 1 saturated heterocycles. The highest BCUT2D eigenvalue weighted by Gasteiger charge is 2.67. The number of likely N-dealkylation sites (tertiary alicyclic amines) is 1. The monoisotopic (exact) mass is 419 g/mol. The van der Waals surface area contributed by atoms with Crippen LogP contribution in [0.5, 0.6) is 0 Å². The summed E-state index contributed by atoms with van der Waals surface area (Å²) in [5.41, 5.74) is -0.744. The lowest BCUT2D eigenvalue weighted by Crippen LogP contribution is -2.78. The van der Waals surface area contributed by atoms with E-state index >= 15 is 0 Å². The second-order valence-electron chi connectivity index (χ2n) is 12.6. The van der Waals surface area contributed by atoms with Crippen LogP contribution in [0.2, 0.25) is 0 Å². The predicted octanol–water partition coefficient (Wildman–Crippen LogP) is 6.98. The summed E-state index contributed by atoms with van der Waals surface area (Å²) in [5, 5.41) is 0. The number of rotatable bonds is 4. The van der Waals surface area contributed by atoms with Gasteiger partial charge in [-0.05, 0) is 66.8 Å². The van der Waals surface area contributed by atoms with Crippen molar-refractivity contribution in [3.05, 3.63) is 0 Å². The van der Waals surface area contributed by atoms with Crippen LogP contribution in [0.3, 0.4) is 0 Å². The van der Waals surface area contributed by atoms with E-state index in [2.05, 4.69) is 60.4 Å². The van der Waals surface area contributed by atoms with Crippen molar-refractivity contribution in [2.45, 2.75) is 136 Å². The molecule has 0 bridgehead atoms. The smallest absolute Gasteiger partial charge is 0.309 e. The molecule has 2 unspecified atom stereocenters. The SMILES string of the molecule is CN1C(C)(C)C(CC2CCCCC2)C(C)(OC(=O)C2CCCCC2)C(C)(C)C1(C)C. The molecule has 0 aromatic heterocycles. The zero-order chi connectivity index (χ0) is 22.4. The zero-order valence-electron chi connectivity index (χ0n) is 21.3. The summed E-state index contributed by atoms with van der Waals surface area (Å²) in [5.74, 6) is 1.28. The third-order valence-corrected chi connectivity index (χ3v) is 10.5. The minimum Gasteiger partial charge on any atom is -0.458 e. The first-order valence-corrected chi connectivity index (χ1v) is 12.8. The maximum Gasteiger partial charge on any atom is 0.309 e. The number of carbonyl (C=O) groups is 1. The fourth-order valence-corrected chi connectivity index (χ4v) is 7.19. The van der Waals surface area contributed by atoms with Crippen LogP contribution in [-0.2, 0) is 9.53 Å². The maximum absolute atomic E-state index is 13.5. The van der Waals surface area contributed by atoms with E-state index in [9.17, 15) is 4.79 Å². The Labute approximate surface area is 186 Å². The van der Waals surface area contributed by atoms with Gasteiger partial charge in [0.15, 0.2) is 0 Å². The highest BCUT2D eigenvalue weighted by Crippen LogP contribution is 2.60. The minimum atomic E-state index is -0.474. The molecule has 0 aromatic rings. The van der Waals surface area contributed by atoms with E-state index in [1.54, 1.807) is 0 Å². The third kappa shape index (κ3) is 3.86. The molecule has 3 nitrogen and oxygen atoms in total. The van der Waals surface area contributed by atoms with Crippen LogP contribution in [0, 0.1) is 23.2 Å². The van der Waals surface area contributed by atoms with Gasteiger partial charge in [0, 0.05) is 22.4 Å². The van der Waals surface area contributed by atoms with Crippen LogP contribution in [0.15, 0.2) is 0 Å². The summed E-state index contributed by atoms with van der Waals surface area (Å²) >= 11 is 0. The lowest BCUT2D eigenvalue weighted by Gasteiger charge is -2.69. The Bertz CT molecular complexity index is 610. The Morgan fingerprint density at radius 3 is 1.87 bits per heavy atom.